The smallest absolute Gasteiger partial charge is 0.258 e. The molecule has 0 unspecified atom stereocenters. The summed E-state index contributed by atoms with van der Waals surface area (Å²) in [7, 11) is 0. The number of para-hydroxylation sites is 1. The Morgan fingerprint density at radius 2 is 2.15 bits per heavy atom. The molecule has 0 spiro atoms. The molecule has 1 N–H and O–H groups in total. The first-order chi connectivity index (χ1) is 9.81. The summed E-state index contributed by atoms with van der Waals surface area (Å²) in [5.41, 5.74) is 0.530. The van der Waals surface area contributed by atoms with Crippen molar-refractivity contribution in [2.75, 3.05) is 26.4 Å². The maximum absolute atomic E-state index is 12.7. The summed E-state index contributed by atoms with van der Waals surface area (Å²) in [6, 6.07) is 5.29. The summed E-state index contributed by atoms with van der Waals surface area (Å²) in [6.45, 7) is 1.67. The Kier molecular flexibility index (Phi) is 3.78. The fourth-order valence-corrected chi connectivity index (χ4v) is 2.85. The number of fused-ring (bicyclic) bond motifs is 1. The summed E-state index contributed by atoms with van der Waals surface area (Å²) >= 11 is 0. The van der Waals surface area contributed by atoms with E-state index in [9.17, 15) is 9.90 Å². The highest BCUT2D eigenvalue weighted by molar-refractivity contribution is 5.98. The average molecular weight is 277 g/mol. The lowest BCUT2D eigenvalue weighted by atomic mass is 10.0. The van der Waals surface area contributed by atoms with Gasteiger partial charge in [-0.3, -0.25) is 4.79 Å². The third-order valence-electron chi connectivity index (χ3n) is 3.90. The lowest BCUT2D eigenvalue weighted by Gasteiger charge is -2.35. The first kappa shape index (κ1) is 13.2. The molecule has 0 bridgehead atoms. The highest BCUT2D eigenvalue weighted by Gasteiger charge is 2.30. The van der Waals surface area contributed by atoms with Crippen LogP contribution in [0.1, 0.15) is 29.6 Å². The van der Waals surface area contributed by atoms with Gasteiger partial charge in [0.2, 0.25) is 0 Å². The molecule has 3 rings (SSSR count). The van der Waals surface area contributed by atoms with Crippen LogP contribution in [-0.4, -0.2) is 48.3 Å². The number of likely N-dealkylation sites (tertiary alicyclic amines) is 1. The molecule has 0 aromatic heterocycles. The first-order valence-electron chi connectivity index (χ1n) is 7.11. The van der Waals surface area contributed by atoms with Gasteiger partial charge in [-0.15, -0.1) is 0 Å². The molecule has 1 aromatic rings. The second-order valence-electron chi connectivity index (χ2n) is 5.16. The van der Waals surface area contributed by atoms with Gasteiger partial charge in [0, 0.05) is 6.54 Å². The van der Waals surface area contributed by atoms with Crippen LogP contribution in [0.3, 0.4) is 0 Å². The number of hydrogen-bond acceptors (Lipinski definition) is 4. The van der Waals surface area contributed by atoms with E-state index in [4.69, 9.17) is 9.47 Å². The predicted octanol–water partition coefficient (Wildman–Crippen LogP) is 1.44. The summed E-state index contributed by atoms with van der Waals surface area (Å²) in [6.07, 6.45) is 2.89. The van der Waals surface area contributed by atoms with Crippen molar-refractivity contribution in [1.82, 2.24) is 4.90 Å². The number of amides is 1. The van der Waals surface area contributed by atoms with Crippen molar-refractivity contribution in [3.63, 3.8) is 0 Å². The Labute approximate surface area is 118 Å². The molecular formula is C15H19NO4. The van der Waals surface area contributed by atoms with Crippen LogP contribution in [0.4, 0.5) is 0 Å². The molecule has 108 valence electrons. The van der Waals surface area contributed by atoms with Crippen molar-refractivity contribution in [1.29, 1.82) is 0 Å². The standard InChI is InChI=1S/C15H19NO4/c17-10-11-4-1-2-7-16(11)15(18)12-5-3-6-13-14(12)20-9-8-19-13/h3,5-6,11,17H,1-2,4,7-10H2/t11-/m0/s1. The van der Waals surface area contributed by atoms with Gasteiger partial charge in [-0.1, -0.05) is 6.07 Å². The van der Waals surface area contributed by atoms with E-state index in [1.54, 1.807) is 17.0 Å². The molecule has 5 nitrogen and oxygen atoms in total. The van der Waals surface area contributed by atoms with E-state index in [0.717, 1.165) is 19.3 Å². The molecule has 0 aliphatic carbocycles. The van der Waals surface area contributed by atoms with Crippen LogP contribution in [0, 0.1) is 0 Å². The average Bonchev–Trinajstić information content (AvgIpc) is 2.53. The van der Waals surface area contributed by atoms with Crippen LogP contribution in [-0.2, 0) is 0 Å². The van der Waals surface area contributed by atoms with Gasteiger partial charge in [0.05, 0.1) is 18.2 Å². The number of ether oxygens (including phenoxy) is 2. The van der Waals surface area contributed by atoms with Gasteiger partial charge in [0.1, 0.15) is 13.2 Å². The van der Waals surface area contributed by atoms with Gasteiger partial charge in [0.15, 0.2) is 11.5 Å². The van der Waals surface area contributed by atoms with E-state index in [1.807, 2.05) is 6.07 Å². The molecule has 20 heavy (non-hydrogen) atoms. The van der Waals surface area contributed by atoms with Crippen molar-refractivity contribution in [3.05, 3.63) is 23.8 Å². The molecule has 1 amide bonds. The topological polar surface area (TPSA) is 59.0 Å². The quantitative estimate of drug-likeness (QED) is 0.888. The molecule has 2 aliphatic heterocycles. The van der Waals surface area contributed by atoms with Gasteiger partial charge < -0.3 is 19.5 Å². The van der Waals surface area contributed by atoms with E-state index in [-0.39, 0.29) is 18.6 Å². The lowest BCUT2D eigenvalue weighted by molar-refractivity contribution is 0.0495. The van der Waals surface area contributed by atoms with Crippen LogP contribution >= 0.6 is 0 Å². The molecule has 2 heterocycles. The van der Waals surface area contributed by atoms with Crippen LogP contribution in [0.5, 0.6) is 11.5 Å². The fraction of sp³-hybridized carbons (Fsp3) is 0.533. The number of carbonyl (C=O) groups excluding carboxylic acids is 1. The minimum absolute atomic E-state index is 0.0120. The number of rotatable bonds is 2. The minimum atomic E-state index is -0.0865. The second-order valence-corrected chi connectivity index (χ2v) is 5.16. The maximum atomic E-state index is 12.7. The van der Waals surface area contributed by atoms with Gasteiger partial charge in [0.25, 0.3) is 5.91 Å². The monoisotopic (exact) mass is 277 g/mol. The fourth-order valence-electron chi connectivity index (χ4n) is 2.85. The van der Waals surface area contributed by atoms with E-state index in [0.29, 0.717) is 36.8 Å². The Balaban J connectivity index is 1.90. The first-order valence-corrected chi connectivity index (χ1v) is 7.11. The molecule has 2 aliphatic rings. The van der Waals surface area contributed by atoms with Gasteiger partial charge in [-0.05, 0) is 31.4 Å². The van der Waals surface area contributed by atoms with Crippen LogP contribution in [0.25, 0.3) is 0 Å². The third kappa shape index (κ3) is 2.33. The molecule has 1 fully saturated rings. The number of piperidine rings is 1. The van der Waals surface area contributed by atoms with Crippen molar-refractivity contribution < 1.29 is 19.4 Å². The van der Waals surface area contributed by atoms with Gasteiger partial charge in [-0.25, -0.2) is 0 Å². The number of aliphatic hydroxyl groups excluding tert-OH is 1. The summed E-state index contributed by atoms with van der Waals surface area (Å²) in [4.78, 5) is 14.5. The Hall–Kier alpha value is -1.75. The molecule has 0 radical (unpaired) electrons. The normalized spacial score (nSPS) is 21.6. The van der Waals surface area contributed by atoms with E-state index in [1.165, 1.54) is 0 Å². The zero-order chi connectivity index (χ0) is 13.9. The molecule has 5 heteroatoms. The number of hydrogen-bond donors (Lipinski definition) is 1. The van der Waals surface area contributed by atoms with Crippen molar-refractivity contribution in [2.24, 2.45) is 0 Å². The SMILES string of the molecule is O=C(c1cccc2c1OCCO2)N1CCCC[C@H]1CO. The number of benzene rings is 1. The van der Waals surface area contributed by atoms with E-state index >= 15 is 0 Å². The summed E-state index contributed by atoms with van der Waals surface area (Å²) < 4.78 is 11.1. The van der Waals surface area contributed by atoms with Gasteiger partial charge >= 0.3 is 0 Å². The molecular weight excluding hydrogens is 258 g/mol. The Morgan fingerprint density at radius 3 is 3.00 bits per heavy atom. The summed E-state index contributed by atoms with van der Waals surface area (Å²) in [5, 5.41) is 9.45. The van der Waals surface area contributed by atoms with Crippen LogP contribution in [0.15, 0.2) is 18.2 Å². The Morgan fingerprint density at radius 1 is 1.30 bits per heavy atom. The highest BCUT2D eigenvalue weighted by Crippen LogP contribution is 2.35. The van der Waals surface area contributed by atoms with Crippen LogP contribution < -0.4 is 9.47 Å². The van der Waals surface area contributed by atoms with Crippen LogP contribution in [0.2, 0.25) is 0 Å². The number of nitrogens with zero attached hydrogens (tertiary/aromatic N) is 1. The predicted molar refractivity (Wildman–Crippen MR) is 73.2 cm³/mol. The number of aliphatic hydroxyl groups is 1. The van der Waals surface area contributed by atoms with Crippen molar-refractivity contribution in [3.8, 4) is 11.5 Å². The van der Waals surface area contributed by atoms with E-state index < -0.39 is 0 Å². The molecule has 0 saturated carbocycles. The number of carbonyl (C=O) groups is 1. The molecule has 1 saturated heterocycles. The van der Waals surface area contributed by atoms with E-state index in [2.05, 4.69) is 0 Å². The Bertz CT molecular complexity index is 503. The van der Waals surface area contributed by atoms with Gasteiger partial charge in [-0.2, -0.15) is 0 Å². The third-order valence-corrected chi connectivity index (χ3v) is 3.90. The minimum Gasteiger partial charge on any atom is -0.486 e. The molecule has 1 atom stereocenters. The summed E-state index contributed by atoms with van der Waals surface area (Å²) in [5.74, 6) is 1.08. The van der Waals surface area contributed by atoms with Crippen molar-refractivity contribution in [2.45, 2.75) is 25.3 Å². The van der Waals surface area contributed by atoms with Crippen molar-refractivity contribution >= 4 is 5.91 Å². The zero-order valence-electron chi connectivity index (χ0n) is 11.4. The largest absolute Gasteiger partial charge is 0.486 e. The zero-order valence-corrected chi connectivity index (χ0v) is 11.4. The molecule has 1 aromatic carbocycles. The second kappa shape index (κ2) is 5.71. The lowest BCUT2D eigenvalue weighted by Crippen LogP contribution is -2.45. The highest BCUT2D eigenvalue weighted by atomic mass is 16.6. The maximum Gasteiger partial charge on any atom is 0.258 e.